The maximum Gasteiger partial charge on any atom is 0.0195 e. The minimum atomic E-state index is 0.724. The van der Waals surface area contributed by atoms with Crippen LogP contribution in [0.5, 0.6) is 0 Å². The first-order chi connectivity index (χ1) is 6.27. The van der Waals surface area contributed by atoms with Gasteiger partial charge in [-0.15, -0.1) is 0 Å². The van der Waals surface area contributed by atoms with Gasteiger partial charge in [0.2, 0.25) is 0 Å². The first-order valence-corrected chi connectivity index (χ1v) is 5.39. The first-order valence-electron chi connectivity index (χ1n) is 5.39. The van der Waals surface area contributed by atoms with E-state index in [1.165, 1.54) is 32.7 Å². The summed E-state index contributed by atoms with van der Waals surface area (Å²) in [6.07, 6.45) is 0. The third kappa shape index (κ3) is 3.25. The fourth-order valence-corrected chi connectivity index (χ4v) is 1.95. The highest BCUT2D eigenvalue weighted by atomic mass is 15.3. The van der Waals surface area contributed by atoms with E-state index >= 15 is 0 Å². The van der Waals surface area contributed by atoms with E-state index < -0.39 is 0 Å². The molecule has 0 spiro atoms. The lowest BCUT2D eigenvalue weighted by atomic mass is 10.2. The maximum absolute atomic E-state index is 3.21. The van der Waals surface area contributed by atoms with Crippen molar-refractivity contribution >= 4 is 0 Å². The number of nitrogens with one attached hydrogen (secondary N) is 1. The van der Waals surface area contributed by atoms with Gasteiger partial charge in [-0.25, -0.2) is 0 Å². The molecule has 1 atom stereocenters. The predicted octanol–water partition coefficient (Wildman–Crippen LogP) is 0.232. The highest BCUT2D eigenvalue weighted by Gasteiger charge is 2.21. The normalized spacial score (nSPS) is 26.5. The van der Waals surface area contributed by atoms with E-state index in [4.69, 9.17) is 0 Å². The van der Waals surface area contributed by atoms with Crippen molar-refractivity contribution in [2.75, 3.05) is 46.3 Å². The van der Waals surface area contributed by atoms with Crippen LogP contribution in [0, 0.1) is 0 Å². The Hall–Kier alpha value is -0.120. The van der Waals surface area contributed by atoms with Gasteiger partial charge in [-0.1, -0.05) is 6.92 Å². The Bertz CT molecular complexity index is 138. The molecule has 0 radical (unpaired) electrons. The summed E-state index contributed by atoms with van der Waals surface area (Å²) in [7, 11) is 2.02. The van der Waals surface area contributed by atoms with Crippen molar-refractivity contribution in [2.24, 2.45) is 0 Å². The number of hydrogen-bond donors (Lipinski definition) is 1. The fourth-order valence-electron chi connectivity index (χ4n) is 1.95. The van der Waals surface area contributed by atoms with E-state index in [0.717, 1.165) is 12.6 Å². The van der Waals surface area contributed by atoms with Crippen LogP contribution in [0.1, 0.15) is 13.8 Å². The van der Waals surface area contributed by atoms with E-state index in [1.54, 1.807) is 0 Å². The number of likely N-dealkylation sites (N-methyl/N-ethyl adjacent to an activating group) is 2. The van der Waals surface area contributed by atoms with E-state index in [9.17, 15) is 0 Å². The Morgan fingerprint density at radius 1 is 1.38 bits per heavy atom. The van der Waals surface area contributed by atoms with Gasteiger partial charge in [0.1, 0.15) is 0 Å². The van der Waals surface area contributed by atoms with Gasteiger partial charge in [0.25, 0.3) is 0 Å². The van der Waals surface area contributed by atoms with Crippen LogP contribution in [0.2, 0.25) is 0 Å². The predicted molar refractivity (Wildman–Crippen MR) is 57.1 cm³/mol. The molecule has 0 aromatic rings. The summed E-state index contributed by atoms with van der Waals surface area (Å²) in [6, 6.07) is 0.724. The highest BCUT2D eigenvalue weighted by molar-refractivity contribution is 4.78. The highest BCUT2D eigenvalue weighted by Crippen LogP contribution is 2.07. The molecule has 0 bridgehead atoms. The molecule has 13 heavy (non-hydrogen) atoms. The molecule has 0 aliphatic carbocycles. The summed E-state index contributed by atoms with van der Waals surface area (Å²) in [6.45, 7) is 11.8. The molecule has 1 aliphatic heterocycles. The Kier molecular flexibility index (Phi) is 4.70. The molecule has 3 heteroatoms. The number of nitrogens with zero attached hydrogens (tertiary/aromatic N) is 2. The second-order valence-corrected chi connectivity index (χ2v) is 3.88. The van der Waals surface area contributed by atoms with Crippen molar-refractivity contribution < 1.29 is 0 Å². The zero-order valence-electron chi connectivity index (χ0n) is 9.21. The van der Waals surface area contributed by atoms with Gasteiger partial charge in [0.05, 0.1) is 0 Å². The zero-order valence-corrected chi connectivity index (χ0v) is 9.21. The molecule has 0 saturated carbocycles. The summed E-state index contributed by atoms with van der Waals surface area (Å²) in [5, 5.41) is 3.21. The van der Waals surface area contributed by atoms with Gasteiger partial charge >= 0.3 is 0 Å². The van der Waals surface area contributed by atoms with Crippen molar-refractivity contribution in [3.05, 3.63) is 0 Å². The lowest BCUT2D eigenvalue weighted by Crippen LogP contribution is -2.52. The van der Waals surface area contributed by atoms with Gasteiger partial charge in [-0.3, -0.25) is 4.90 Å². The van der Waals surface area contributed by atoms with E-state index in [0.29, 0.717) is 0 Å². The Morgan fingerprint density at radius 3 is 2.69 bits per heavy atom. The maximum atomic E-state index is 3.21. The monoisotopic (exact) mass is 185 g/mol. The molecule has 0 aromatic carbocycles. The second-order valence-electron chi connectivity index (χ2n) is 3.88. The van der Waals surface area contributed by atoms with Gasteiger partial charge in [0, 0.05) is 38.8 Å². The van der Waals surface area contributed by atoms with Crippen LogP contribution in [-0.4, -0.2) is 62.2 Å². The minimum Gasteiger partial charge on any atom is -0.318 e. The van der Waals surface area contributed by atoms with Crippen molar-refractivity contribution in [3.8, 4) is 0 Å². The summed E-state index contributed by atoms with van der Waals surface area (Å²) in [5.41, 5.74) is 0. The van der Waals surface area contributed by atoms with E-state index in [2.05, 4.69) is 29.0 Å². The number of hydrogen-bond acceptors (Lipinski definition) is 3. The van der Waals surface area contributed by atoms with Crippen molar-refractivity contribution in [2.45, 2.75) is 19.9 Å². The van der Waals surface area contributed by atoms with Crippen molar-refractivity contribution in [3.63, 3.8) is 0 Å². The standard InChI is InChI=1S/C10H23N3/c1-4-12-7-8-13(6-5-11-3)10(2)9-12/h10-11H,4-9H2,1-3H3. The lowest BCUT2D eigenvalue weighted by molar-refractivity contribution is 0.0883. The molecule has 1 saturated heterocycles. The molecule has 0 aromatic heterocycles. The molecular weight excluding hydrogens is 162 g/mol. The first kappa shape index (κ1) is 11.0. The summed E-state index contributed by atoms with van der Waals surface area (Å²) in [5.74, 6) is 0. The topological polar surface area (TPSA) is 18.5 Å². The van der Waals surface area contributed by atoms with Gasteiger partial charge in [-0.05, 0) is 20.5 Å². The molecule has 1 N–H and O–H groups in total. The van der Waals surface area contributed by atoms with Crippen LogP contribution in [0.3, 0.4) is 0 Å². The average molecular weight is 185 g/mol. The Labute approximate surface area is 82.1 Å². The van der Waals surface area contributed by atoms with E-state index in [-0.39, 0.29) is 0 Å². The molecule has 0 amide bonds. The third-order valence-corrected chi connectivity index (χ3v) is 2.95. The van der Waals surface area contributed by atoms with Gasteiger partial charge < -0.3 is 10.2 Å². The van der Waals surface area contributed by atoms with Crippen LogP contribution in [0.25, 0.3) is 0 Å². The lowest BCUT2D eigenvalue weighted by Gasteiger charge is -2.39. The summed E-state index contributed by atoms with van der Waals surface area (Å²) >= 11 is 0. The number of piperazine rings is 1. The van der Waals surface area contributed by atoms with Crippen LogP contribution in [-0.2, 0) is 0 Å². The average Bonchev–Trinajstić information content (AvgIpc) is 2.16. The molecular formula is C10H23N3. The SMILES string of the molecule is CCN1CCN(CCNC)C(C)C1. The molecule has 1 fully saturated rings. The summed E-state index contributed by atoms with van der Waals surface area (Å²) in [4.78, 5) is 5.10. The van der Waals surface area contributed by atoms with Crippen LogP contribution >= 0.6 is 0 Å². The fraction of sp³-hybridized carbons (Fsp3) is 1.00. The van der Waals surface area contributed by atoms with Gasteiger partial charge in [-0.2, -0.15) is 0 Å². The second kappa shape index (κ2) is 5.58. The zero-order chi connectivity index (χ0) is 9.68. The quantitative estimate of drug-likeness (QED) is 0.676. The minimum absolute atomic E-state index is 0.724. The van der Waals surface area contributed by atoms with Crippen molar-refractivity contribution in [1.29, 1.82) is 0 Å². The van der Waals surface area contributed by atoms with Gasteiger partial charge in [0.15, 0.2) is 0 Å². The van der Waals surface area contributed by atoms with Crippen LogP contribution in [0.15, 0.2) is 0 Å². The molecule has 78 valence electrons. The largest absolute Gasteiger partial charge is 0.318 e. The smallest absolute Gasteiger partial charge is 0.0195 e. The molecule has 1 aliphatic rings. The van der Waals surface area contributed by atoms with E-state index in [1.807, 2.05) is 7.05 Å². The van der Waals surface area contributed by atoms with Crippen LogP contribution < -0.4 is 5.32 Å². The molecule has 3 nitrogen and oxygen atoms in total. The Balaban J connectivity index is 2.26. The molecule has 1 rings (SSSR count). The van der Waals surface area contributed by atoms with Crippen LogP contribution in [0.4, 0.5) is 0 Å². The van der Waals surface area contributed by atoms with Crippen molar-refractivity contribution in [1.82, 2.24) is 15.1 Å². The summed E-state index contributed by atoms with van der Waals surface area (Å²) < 4.78 is 0. The Morgan fingerprint density at radius 2 is 2.15 bits per heavy atom. The number of rotatable bonds is 4. The molecule has 1 unspecified atom stereocenters. The molecule has 1 heterocycles. The third-order valence-electron chi connectivity index (χ3n) is 2.95.